The normalized spacial score (nSPS) is 11.1. The van der Waals surface area contributed by atoms with Gasteiger partial charge in [-0.15, -0.1) is 0 Å². The van der Waals surface area contributed by atoms with Crippen molar-refractivity contribution in [1.29, 1.82) is 5.26 Å². The first-order valence-electron chi connectivity index (χ1n) is 4.20. The number of nitrogens with two attached hydrogens (primary N) is 1. The number of nitriles is 1. The van der Waals surface area contributed by atoms with Gasteiger partial charge in [-0.1, -0.05) is 18.2 Å². The highest BCUT2D eigenvalue weighted by atomic mass is 16.2. The van der Waals surface area contributed by atoms with Crippen molar-refractivity contribution in [3.05, 3.63) is 35.9 Å². The van der Waals surface area contributed by atoms with E-state index in [2.05, 4.69) is 5.32 Å². The summed E-state index contributed by atoms with van der Waals surface area (Å²) >= 11 is 0. The molecule has 0 radical (unpaired) electrons. The number of carbonyl (C=O) groups is 2. The number of primary amides is 1. The smallest absolute Gasteiger partial charge is 0.254 e. The SMILES string of the molecule is N#CC(NC(=O)c1ccccc1)C(N)=O. The maximum absolute atomic E-state index is 11.4. The zero-order valence-corrected chi connectivity index (χ0v) is 7.81. The van der Waals surface area contributed by atoms with Gasteiger partial charge in [-0.05, 0) is 12.1 Å². The topological polar surface area (TPSA) is 96.0 Å². The summed E-state index contributed by atoms with van der Waals surface area (Å²) in [5.74, 6) is -1.37. The number of hydrogen-bond acceptors (Lipinski definition) is 3. The Bertz CT molecular complexity index is 408. The first-order chi connectivity index (χ1) is 7.15. The monoisotopic (exact) mass is 203 g/mol. The van der Waals surface area contributed by atoms with Gasteiger partial charge in [-0.3, -0.25) is 9.59 Å². The molecule has 2 amide bonds. The number of nitrogens with zero attached hydrogens (tertiary/aromatic N) is 1. The van der Waals surface area contributed by atoms with Gasteiger partial charge in [0.1, 0.15) is 0 Å². The molecule has 0 spiro atoms. The molecule has 5 nitrogen and oxygen atoms in total. The maximum atomic E-state index is 11.4. The van der Waals surface area contributed by atoms with Gasteiger partial charge in [0.15, 0.2) is 6.04 Å². The van der Waals surface area contributed by atoms with E-state index < -0.39 is 17.9 Å². The minimum atomic E-state index is -1.29. The Morgan fingerprint density at radius 2 is 1.93 bits per heavy atom. The summed E-state index contributed by atoms with van der Waals surface area (Å²) < 4.78 is 0. The number of hydrogen-bond donors (Lipinski definition) is 2. The third kappa shape index (κ3) is 2.81. The van der Waals surface area contributed by atoms with Crippen LogP contribution in [0, 0.1) is 11.3 Å². The molecule has 0 heterocycles. The molecule has 1 aromatic carbocycles. The molecular formula is C10H9N3O2. The third-order valence-corrected chi connectivity index (χ3v) is 1.73. The van der Waals surface area contributed by atoms with Crippen LogP contribution in [0.3, 0.4) is 0 Å². The third-order valence-electron chi connectivity index (χ3n) is 1.73. The zero-order valence-electron chi connectivity index (χ0n) is 7.81. The van der Waals surface area contributed by atoms with Crippen molar-refractivity contribution >= 4 is 11.8 Å². The minimum absolute atomic E-state index is 0.374. The van der Waals surface area contributed by atoms with E-state index in [-0.39, 0.29) is 0 Å². The van der Waals surface area contributed by atoms with E-state index in [9.17, 15) is 9.59 Å². The second kappa shape index (κ2) is 4.77. The summed E-state index contributed by atoms with van der Waals surface area (Å²) in [5.41, 5.74) is 5.27. The summed E-state index contributed by atoms with van der Waals surface area (Å²) in [4.78, 5) is 22.1. The number of amides is 2. The summed E-state index contributed by atoms with van der Waals surface area (Å²) in [6.07, 6.45) is 0. The summed E-state index contributed by atoms with van der Waals surface area (Å²) in [7, 11) is 0. The number of rotatable bonds is 3. The van der Waals surface area contributed by atoms with Crippen LogP contribution in [0.25, 0.3) is 0 Å². The van der Waals surface area contributed by atoms with Crippen molar-refractivity contribution < 1.29 is 9.59 Å². The van der Waals surface area contributed by atoms with Crippen LogP contribution in [0.1, 0.15) is 10.4 Å². The van der Waals surface area contributed by atoms with Crippen LogP contribution in [-0.2, 0) is 4.79 Å². The van der Waals surface area contributed by atoms with E-state index in [1.54, 1.807) is 36.4 Å². The number of benzene rings is 1. The molecule has 3 N–H and O–H groups in total. The molecule has 0 saturated heterocycles. The Balaban J connectivity index is 2.73. The fourth-order valence-electron chi connectivity index (χ4n) is 0.971. The van der Waals surface area contributed by atoms with Gasteiger partial charge in [-0.25, -0.2) is 0 Å². The van der Waals surface area contributed by atoms with Crippen LogP contribution in [0.15, 0.2) is 30.3 Å². The predicted octanol–water partition coefficient (Wildman–Crippen LogP) is -0.206. The maximum Gasteiger partial charge on any atom is 0.254 e. The predicted molar refractivity (Wildman–Crippen MR) is 52.5 cm³/mol. The molecule has 15 heavy (non-hydrogen) atoms. The van der Waals surface area contributed by atoms with Gasteiger partial charge < -0.3 is 11.1 Å². The highest BCUT2D eigenvalue weighted by Crippen LogP contribution is 1.98. The van der Waals surface area contributed by atoms with Crippen molar-refractivity contribution in [2.45, 2.75) is 6.04 Å². The second-order valence-electron chi connectivity index (χ2n) is 2.80. The Morgan fingerprint density at radius 1 is 1.33 bits per heavy atom. The lowest BCUT2D eigenvalue weighted by Crippen LogP contribution is -2.43. The lowest BCUT2D eigenvalue weighted by Gasteiger charge is -2.07. The molecule has 0 saturated carbocycles. The molecule has 0 fully saturated rings. The molecular weight excluding hydrogens is 194 g/mol. The molecule has 76 valence electrons. The average molecular weight is 203 g/mol. The molecule has 1 aromatic rings. The Hall–Kier alpha value is -2.35. The molecule has 0 aliphatic heterocycles. The standard InChI is InChI=1S/C10H9N3O2/c11-6-8(9(12)14)13-10(15)7-4-2-1-3-5-7/h1-5,8H,(H2,12,14)(H,13,15). The fraction of sp³-hybridized carbons (Fsp3) is 0.100. The number of carbonyl (C=O) groups excluding carboxylic acids is 2. The summed E-state index contributed by atoms with van der Waals surface area (Å²) in [6, 6.07) is 8.57. The Kier molecular flexibility index (Phi) is 3.41. The summed E-state index contributed by atoms with van der Waals surface area (Å²) in [5, 5.41) is 10.7. The van der Waals surface area contributed by atoms with Gasteiger partial charge in [0.2, 0.25) is 0 Å². The van der Waals surface area contributed by atoms with Crippen LogP contribution in [-0.4, -0.2) is 17.9 Å². The minimum Gasteiger partial charge on any atom is -0.367 e. The second-order valence-corrected chi connectivity index (χ2v) is 2.80. The van der Waals surface area contributed by atoms with Crippen molar-refractivity contribution in [3.8, 4) is 6.07 Å². The van der Waals surface area contributed by atoms with Gasteiger partial charge in [0, 0.05) is 5.56 Å². The van der Waals surface area contributed by atoms with E-state index in [4.69, 9.17) is 11.0 Å². The first kappa shape index (κ1) is 10.7. The highest BCUT2D eigenvalue weighted by Gasteiger charge is 2.17. The van der Waals surface area contributed by atoms with E-state index in [0.717, 1.165) is 0 Å². The van der Waals surface area contributed by atoms with Crippen molar-refractivity contribution in [2.24, 2.45) is 5.73 Å². The van der Waals surface area contributed by atoms with Crippen molar-refractivity contribution in [2.75, 3.05) is 0 Å². The lowest BCUT2D eigenvalue weighted by atomic mass is 10.2. The molecule has 5 heteroatoms. The van der Waals surface area contributed by atoms with Gasteiger partial charge in [-0.2, -0.15) is 5.26 Å². The molecule has 0 bridgehead atoms. The molecule has 0 aliphatic rings. The molecule has 1 atom stereocenters. The molecule has 1 rings (SSSR count). The number of nitrogens with one attached hydrogen (secondary N) is 1. The van der Waals surface area contributed by atoms with Crippen LogP contribution in [0.2, 0.25) is 0 Å². The highest BCUT2D eigenvalue weighted by molar-refractivity contribution is 5.98. The van der Waals surface area contributed by atoms with E-state index in [0.29, 0.717) is 5.56 Å². The largest absolute Gasteiger partial charge is 0.367 e. The van der Waals surface area contributed by atoms with Crippen LogP contribution >= 0.6 is 0 Å². The van der Waals surface area contributed by atoms with Gasteiger partial charge in [0.25, 0.3) is 11.8 Å². The van der Waals surface area contributed by atoms with Crippen LogP contribution < -0.4 is 11.1 Å². The first-order valence-corrected chi connectivity index (χ1v) is 4.20. The van der Waals surface area contributed by atoms with Crippen LogP contribution in [0.4, 0.5) is 0 Å². The Morgan fingerprint density at radius 3 is 2.40 bits per heavy atom. The Labute approximate surface area is 86.5 Å². The van der Waals surface area contributed by atoms with Crippen molar-refractivity contribution in [1.82, 2.24) is 5.32 Å². The quantitative estimate of drug-likeness (QED) is 0.711. The van der Waals surface area contributed by atoms with Gasteiger partial charge in [0.05, 0.1) is 6.07 Å². The fourth-order valence-corrected chi connectivity index (χ4v) is 0.971. The average Bonchev–Trinajstić information content (AvgIpc) is 2.26. The lowest BCUT2D eigenvalue weighted by molar-refractivity contribution is -0.118. The van der Waals surface area contributed by atoms with E-state index >= 15 is 0 Å². The summed E-state index contributed by atoms with van der Waals surface area (Å²) in [6.45, 7) is 0. The van der Waals surface area contributed by atoms with Gasteiger partial charge >= 0.3 is 0 Å². The van der Waals surface area contributed by atoms with Crippen LogP contribution in [0.5, 0.6) is 0 Å². The van der Waals surface area contributed by atoms with E-state index in [1.807, 2.05) is 0 Å². The zero-order chi connectivity index (χ0) is 11.3. The molecule has 0 aliphatic carbocycles. The molecule has 1 unspecified atom stereocenters. The van der Waals surface area contributed by atoms with E-state index in [1.165, 1.54) is 0 Å². The van der Waals surface area contributed by atoms with Crippen molar-refractivity contribution in [3.63, 3.8) is 0 Å². The molecule has 0 aromatic heterocycles.